The fraction of sp³-hybridized carbons (Fsp3) is 0.531. The van der Waals surface area contributed by atoms with Gasteiger partial charge in [-0.2, -0.15) is 0 Å². The summed E-state index contributed by atoms with van der Waals surface area (Å²) in [6, 6.07) is 11.4. The van der Waals surface area contributed by atoms with Gasteiger partial charge in [0.15, 0.2) is 0 Å². The average Bonchev–Trinajstić information content (AvgIpc) is 3.06. The molecule has 220 valence electrons. The van der Waals surface area contributed by atoms with Gasteiger partial charge in [0.2, 0.25) is 10.0 Å². The van der Waals surface area contributed by atoms with Crippen LogP contribution in [-0.2, 0) is 21.9 Å². The summed E-state index contributed by atoms with van der Waals surface area (Å²) in [5.41, 5.74) is 3.33. The Morgan fingerprint density at radius 3 is 2.73 bits per heavy atom. The Kier molecular flexibility index (Phi) is 7.62. The summed E-state index contributed by atoms with van der Waals surface area (Å²) in [5, 5.41) is 11.1. The second kappa shape index (κ2) is 10.9. The number of benzene rings is 2. The maximum absolute atomic E-state index is 13.3. The van der Waals surface area contributed by atoms with Crippen molar-refractivity contribution >= 4 is 33.2 Å². The molecule has 6 atom stereocenters. The molecule has 4 aliphatic rings. The predicted octanol–water partition coefficient (Wildman–Crippen LogP) is 5.24. The lowest BCUT2D eigenvalue weighted by Gasteiger charge is -2.45. The number of aryl methyl sites for hydroxylation is 1. The van der Waals surface area contributed by atoms with E-state index < -0.39 is 27.3 Å². The van der Waals surface area contributed by atoms with Gasteiger partial charge in [0.1, 0.15) is 5.75 Å². The van der Waals surface area contributed by atoms with E-state index in [4.69, 9.17) is 16.3 Å². The zero-order valence-electron chi connectivity index (χ0n) is 23.7. The zero-order valence-corrected chi connectivity index (χ0v) is 25.3. The molecule has 0 saturated heterocycles. The van der Waals surface area contributed by atoms with Crippen LogP contribution >= 0.6 is 11.6 Å². The quantitative estimate of drug-likeness (QED) is 0.403. The summed E-state index contributed by atoms with van der Waals surface area (Å²) in [6.07, 6.45) is 8.45. The number of allylic oxidation sites excluding steroid dienone is 1. The summed E-state index contributed by atoms with van der Waals surface area (Å²) in [4.78, 5) is 15.6. The van der Waals surface area contributed by atoms with Crippen LogP contribution in [-0.4, -0.2) is 50.5 Å². The van der Waals surface area contributed by atoms with Crippen molar-refractivity contribution in [3.63, 3.8) is 0 Å². The third kappa shape index (κ3) is 5.51. The van der Waals surface area contributed by atoms with Crippen molar-refractivity contribution in [2.24, 2.45) is 17.8 Å². The van der Waals surface area contributed by atoms with E-state index in [1.807, 2.05) is 25.1 Å². The number of halogens is 1. The maximum Gasteiger partial charge on any atom is 0.264 e. The second-order valence-corrected chi connectivity index (χ2v) is 15.2. The first-order chi connectivity index (χ1) is 19.5. The monoisotopic (exact) mass is 598 g/mol. The standard InChI is InChI=1S/C32H39ClN2O5S/c1-20-5-11-29(36)26-9-6-24(26)17-35-18-32(13-3-4-22-15-25(33)8-10-27(22)32)19-40-30-12-7-23(16-28(30)35)31(37)34-41(38,39)21(2)14-20/h5,7-8,10-12,15-16,20-21,24,26,29,36H,3-4,6,9,13-14,17-19H2,1-2H3,(H,34,37)/b11-5+/t20-,21+,24-,26+,29-,32-/m0/s1. The van der Waals surface area contributed by atoms with E-state index in [0.717, 1.165) is 42.8 Å². The van der Waals surface area contributed by atoms with Gasteiger partial charge in [0, 0.05) is 29.1 Å². The Bertz CT molecular complexity index is 1480. The van der Waals surface area contributed by atoms with Crippen LogP contribution in [0.3, 0.4) is 0 Å². The van der Waals surface area contributed by atoms with Gasteiger partial charge in [-0.1, -0.05) is 36.7 Å². The normalized spacial score (nSPS) is 33.8. The van der Waals surface area contributed by atoms with Gasteiger partial charge in [-0.15, -0.1) is 0 Å². The van der Waals surface area contributed by atoms with E-state index in [0.29, 0.717) is 31.9 Å². The number of amides is 1. The van der Waals surface area contributed by atoms with Crippen molar-refractivity contribution in [1.29, 1.82) is 0 Å². The van der Waals surface area contributed by atoms with Crippen LogP contribution in [0.25, 0.3) is 0 Å². The number of hydrogen-bond acceptors (Lipinski definition) is 6. The molecule has 0 radical (unpaired) electrons. The first-order valence-electron chi connectivity index (χ1n) is 14.8. The topological polar surface area (TPSA) is 95.9 Å². The van der Waals surface area contributed by atoms with Gasteiger partial charge in [-0.3, -0.25) is 4.79 Å². The highest BCUT2D eigenvalue weighted by atomic mass is 35.5. The molecular weight excluding hydrogens is 560 g/mol. The predicted molar refractivity (Wildman–Crippen MR) is 161 cm³/mol. The minimum Gasteiger partial charge on any atom is -0.490 e. The fourth-order valence-corrected chi connectivity index (χ4v) is 8.60. The lowest BCUT2D eigenvalue weighted by Crippen LogP contribution is -2.49. The Morgan fingerprint density at radius 2 is 1.95 bits per heavy atom. The molecular formula is C32H39ClN2O5S. The highest BCUT2D eigenvalue weighted by Crippen LogP contribution is 2.46. The SMILES string of the molecule is C[C@@H]1C[C@@H](C)/C=C/[C@H](O)[C@@H]2CC[C@H]2CN2C[C@@]3(CCCc4cc(Cl)ccc43)COc3ccc(cc32)C(=O)NS1(=O)=O. The number of nitrogens with one attached hydrogen (secondary N) is 1. The average molecular weight is 599 g/mol. The highest BCUT2D eigenvalue weighted by Gasteiger charge is 2.44. The van der Waals surface area contributed by atoms with E-state index in [9.17, 15) is 18.3 Å². The molecule has 0 unspecified atom stereocenters. The number of anilines is 1. The first-order valence-corrected chi connectivity index (χ1v) is 16.7. The molecule has 2 aliphatic heterocycles. The lowest BCUT2D eigenvalue weighted by atomic mass is 9.68. The van der Waals surface area contributed by atoms with Gasteiger partial charge in [0.25, 0.3) is 5.91 Å². The highest BCUT2D eigenvalue weighted by molar-refractivity contribution is 7.90. The summed E-state index contributed by atoms with van der Waals surface area (Å²) in [7, 11) is -3.89. The number of carbonyl (C=O) groups excluding carboxylic acids is 1. The van der Waals surface area contributed by atoms with E-state index in [1.54, 1.807) is 25.1 Å². The van der Waals surface area contributed by atoms with Gasteiger partial charge >= 0.3 is 0 Å². The van der Waals surface area contributed by atoms with Gasteiger partial charge in [0.05, 0.1) is 23.6 Å². The Balaban J connectivity index is 1.42. The van der Waals surface area contributed by atoms with E-state index in [1.165, 1.54) is 11.1 Å². The van der Waals surface area contributed by atoms with Crippen molar-refractivity contribution in [3.05, 3.63) is 70.3 Å². The summed E-state index contributed by atoms with van der Waals surface area (Å²) in [6.45, 7) is 5.46. The molecule has 1 saturated carbocycles. The molecule has 6 rings (SSSR count). The molecule has 2 bridgehead atoms. The maximum atomic E-state index is 13.3. The first kappa shape index (κ1) is 28.6. The van der Waals surface area contributed by atoms with Crippen molar-refractivity contribution in [2.75, 3.05) is 24.6 Å². The largest absolute Gasteiger partial charge is 0.490 e. The molecule has 1 fully saturated rings. The number of fused-ring (bicyclic) bond motifs is 4. The van der Waals surface area contributed by atoms with E-state index in [2.05, 4.69) is 21.8 Å². The molecule has 7 nitrogen and oxygen atoms in total. The van der Waals surface area contributed by atoms with Crippen LogP contribution in [0.2, 0.25) is 5.02 Å². The molecule has 2 aromatic carbocycles. The molecule has 2 aliphatic carbocycles. The minimum absolute atomic E-state index is 0.0638. The number of carbonyl (C=O) groups is 1. The molecule has 1 amide bonds. The molecule has 1 spiro atoms. The molecule has 2 N–H and O–H groups in total. The Morgan fingerprint density at radius 1 is 1.12 bits per heavy atom. The third-order valence-corrected chi connectivity index (χ3v) is 11.7. The number of rotatable bonds is 0. The minimum atomic E-state index is -3.89. The molecule has 0 aromatic heterocycles. The third-order valence-electron chi connectivity index (χ3n) is 9.77. The summed E-state index contributed by atoms with van der Waals surface area (Å²) >= 11 is 6.38. The Hall–Kier alpha value is -2.55. The number of aliphatic hydroxyl groups excluding tert-OH is 1. The number of hydrogen-bond donors (Lipinski definition) is 2. The second-order valence-electron chi connectivity index (χ2n) is 12.7. The molecule has 2 aromatic rings. The number of ether oxygens (including phenoxy) is 1. The van der Waals surface area contributed by atoms with Crippen LogP contribution < -0.4 is 14.4 Å². The zero-order chi connectivity index (χ0) is 28.9. The Labute approximate surface area is 248 Å². The van der Waals surface area contributed by atoms with Crippen molar-refractivity contribution < 1.29 is 23.1 Å². The number of nitrogens with zero attached hydrogens (tertiary/aromatic N) is 1. The van der Waals surface area contributed by atoms with Gasteiger partial charge in [-0.25, -0.2) is 13.1 Å². The van der Waals surface area contributed by atoms with Gasteiger partial charge < -0.3 is 14.7 Å². The number of sulfonamides is 1. The van der Waals surface area contributed by atoms with Crippen molar-refractivity contribution in [2.45, 2.75) is 69.1 Å². The van der Waals surface area contributed by atoms with Crippen LogP contribution in [0.1, 0.15) is 67.4 Å². The number of aliphatic hydroxyl groups is 1. The van der Waals surface area contributed by atoms with Crippen LogP contribution in [0.5, 0.6) is 5.75 Å². The molecule has 2 heterocycles. The van der Waals surface area contributed by atoms with E-state index in [-0.39, 0.29) is 28.7 Å². The summed E-state index contributed by atoms with van der Waals surface area (Å²) < 4.78 is 34.9. The molecule has 41 heavy (non-hydrogen) atoms. The fourth-order valence-electron chi connectivity index (χ4n) is 7.27. The van der Waals surface area contributed by atoms with Crippen LogP contribution in [0, 0.1) is 17.8 Å². The molecule has 9 heteroatoms. The van der Waals surface area contributed by atoms with Crippen LogP contribution in [0.15, 0.2) is 48.6 Å². The van der Waals surface area contributed by atoms with Crippen LogP contribution in [0.4, 0.5) is 5.69 Å². The van der Waals surface area contributed by atoms with Crippen molar-refractivity contribution in [3.8, 4) is 5.75 Å². The van der Waals surface area contributed by atoms with Gasteiger partial charge in [-0.05, 0) is 105 Å². The van der Waals surface area contributed by atoms with Crippen molar-refractivity contribution in [1.82, 2.24) is 4.72 Å². The smallest absolute Gasteiger partial charge is 0.264 e. The van der Waals surface area contributed by atoms with E-state index >= 15 is 0 Å². The summed E-state index contributed by atoms with van der Waals surface area (Å²) in [5.74, 6) is 0.391. The lowest BCUT2D eigenvalue weighted by molar-refractivity contribution is 0.0454.